The Hall–Kier alpha value is -1.30. The summed E-state index contributed by atoms with van der Waals surface area (Å²) in [5.74, 6) is -0.0665. The number of hydrogen-bond donors (Lipinski definition) is 1. The van der Waals surface area contributed by atoms with E-state index in [0.717, 1.165) is 6.42 Å². The van der Waals surface area contributed by atoms with Crippen LogP contribution in [-0.4, -0.2) is 65.8 Å². The van der Waals surface area contributed by atoms with Crippen molar-refractivity contribution in [3.8, 4) is 0 Å². The molecular weight excluding hydrogens is 212 g/mol. The Bertz CT molecular complexity index is 289. The Kier molecular flexibility index (Phi) is 3.28. The molecule has 1 atom stereocenters. The molecule has 16 heavy (non-hydrogen) atoms. The van der Waals surface area contributed by atoms with E-state index in [9.17, 15) is 9.59 Å². The number of rotatable bonds is 1. The third kappa shape index (κ3) is 2.11. The van der Waals surface area contributed by atoms with Crippen LogP contribution in [-0.2, 0) is 9.53 Å². The number of amides is 2. The summed E-state index contributed by atoms with van der Waals surface area (Å²) in [6, 6.07) is -0.476. The molecule has 2 rings (SSSR count). The molecule has 2 aliphatic rings. The molecule has 0 saturated carbocycles. The van der Waals surface area contributed by atoms with Crippen LogP contribution in [0.3, 0.4) is 0 Å². The van der Waals surface area contributed by atoms with Gasteiger partial charge in [0.2, 0.25) is 5.91 Å². The highest BCUT2D eigenvalue weighted by atomic mass is 16.5. The van der Waals surface area contributed by atoms with Crippen LogP contribution in [0.4, 0.5) is 4.79 Å². The van der Waals surface area contributed by atoms with Crippen LogP contribution < -0.4 is 0 Å². The highest BCUT2D eigenvalue weighted by Crippen LogP contribution is 2.19. The monoisotopic (exact) mass is 228 g/mol. The standard InChI is InChI=1S/C10H16N2O4/c13-9(11-4-6-16-7-5-11)8-2-1-3-12(8)10(14)15/h8H,1-7H2,(H,14,15)/t8-/m0/s1. The van der Waals surface area contributed by atoms with E-state index in [1.54, 1.807) is 4.90 Å². The number of carbonyl (C=O) groups is 2. The number of ether oxygens (including phenoxy) is 1. The summed E-state index contributed by atoms with van der Waals surface area (Å²) in [6.45, 7) is 2.71. The first-order chi connectivity index (χ1) is 7.70. The number of morpholine rings is 1. The molecule has 6 heteroatoms. The van der Waals surface area contributed by atoms with E-state index in [1.165, 1.54) is 4.90 Å². The van der Waals surface area contributed by atoms with E-state index in [0.29, 0.717) is 39.3 Å². The molecule has 2 heterocycles. The summed E-state index contributed by atoms with van der Waals surface area (Å²) in [4.78, 5) is 26.0. The van der Waals surface area contributed by atoms with E-state index in [1.807, 2.05) is 0 Å². The molecule has 0 aromatic carbocycles. The van der Waals surface area contributed by atoms with Crippen molar-refractivity contribution >= 4 is 12.0 Å². The second-order valence-electron chi connectivity index (χ2n) is 4.07. The molecule has 2 saturated heterocycles. The third-order valence-corrected chi connectivity index (χ3v) is 3.11. The Labute approximate surface area is 93.8 Å². The lowest BCUT2D eigenvalue weighted by Crippen LogP contribution is -2.50. The number of likely N-dealkylation sites (tertiary alicyclic amines) is 1. The van der Waals surface area contributed by atoms with Crippen molar-refractivity contribution in [2.75, 3.05) is 32.8 Å². The summed E-state index contributed by atoms with van der Waals surface area (Å²) in [5, 5.41) is 8.96. The predicted molar refractivity (Wildman–Crippen MR) is 55.2 cm³/mol. The van der Waals surface area contributed by atoms with Gasteiger partial charge in [0.1, 0.15) is 6.04 Å². The van der Waals surface area contributed by atoms with E-state index in [-0.39, 0.29) is 5.91 Å². The van der Waals surface area contributed by atoms with Crippen LogP contribution in [0.5, 0.6) is 0 Å². The van der Waals surface area contributed by atoms with E-state index < -0.39 is 12.1 Å². The first kappa shape index (κ1) is 11.2. The summed E-state index contributed by atoms with van der Waals surface area (Å²) in [7, 11) is 0. The number of carbonyl (C=O) groups excluding carboxylic acids is 1. The average molecular weight is 228 g/mol. The van der Waals surface area contributed by atoms with Gasteiger partial charge in [-0.1, -0.05) is 0 Å². The van der Waals surface area contributed by atoms with Gasteiger partial charge in [0.05, 0.1) is 13.2 Å². The molecule has 2 amide bonds. The van der Waals surface area contributed by atoms with Gasteiger partial charge in [-0.05, 0) is 12.8 Å². The van der Waals surface area contributed by atoms with Crippen molar-refractivity contribution in [3.05, 3.63) is 0 Å². The maximum atomic E-state index is 12.1. The van der Waals surface area contributed by atoms with Gasteiger partial charge in [0.15, 0.2) is 0 Å². The lowest BCUT2D eigenvalue weighted by molar-refractivity contribution is -0.139. The normalized spacial score (nSPS) is 25.9. The second-order valence-corrected chi connectivity index (χ2v) is 4.07. The van der Waals surface area contributed by atoms with Crippen molar-refractivity contribution in [2.45, 2.75) is 18.9 Å². The Balaban J connectivity index is 1.99. The largest absolute Gasteiger partial charge is 0.465 e. The fourth-order valence-electron chi connectivity index (χ4n) is 2.25. The maximum absolute atomic E-state index is 12.1. The van der Waals surface area contributed by atoms with Crippen LogP contribution in [0.25, 0.3) is 0 Å². The summed E-state index contributed by atoms with van der Waals surface area (Å²) in [6.07, 6.45) is 0.416. The minimum absolute atomic E-state index is 0.0665. The lowest BCUT2D eigenvalue weighted by Gasteiger charge is -2.31. The minimum Gasteiger partial charge on any atom is -0.465 e. The van der Waals surface area contributed by atoms with Crippen molar-refractivity contribution < 1.29 is 19.4 Å². The van der Waals surface area contributed by atoms with Crippen LogP contribution in [0.15, 0.2) is 0 Å². The second kappa shape index (κ2) is 4.69. The molecule has 0 aromatic heterocycles. The minimum atomic E-state index is -0.996. The van der Waals surface area contributed by atoms with Crippen molar-refractivity contribution in [2.24, 2.45) is 0 Å². The Morgan fingerprint density at radius 1 is 1.19 bits per heavy atom. The van der Waals surface area contributed by atoms with Crippen LogP contribution in [0, 0.1) is 0 Å². The summed E-state index contributed by atoms with van der Waals surface area (Å²) >= 11 is 0. The third-order valence-electron chi connectivity index (χ3n) is 3.11. The highest BCUT2D eigenvalue weighted by molar-refractivity contribution is 5.86. The molecule has 0 aliphatic carbocycles. The number of nitrogens with zero attached hydrogens (tertiary/aromatic N) is 2. The first-order valence-corrected chi connectivity index (χ1v) is 5.56. The molecule has 1 N–H and O–H groups in total. The summed E-state index contributed by atoms with van der Waals surface area (Å²) in [5.41, 5.74) is 0. The van der Waals surface area contributed by atoms with Crippen LogP contribution in [0.1, 0.15) is 12.8 Å². The summed E-state index contributed by atoms with van der Waals surface area (Å²) < 4.78 is 5.16. The maximum Gasteiger partial charge on any atom is 0.407 e. The van der Waals surface area contributed by atoms with Gasteiger partial charge >= 0.3 is 6.09 Å². The Morgan fingerprint density at radius 2 is 1.88 bits per heavy atom. The van der Waals surface area contributed by atoms with Gasteiger partial charge in [0.25, 0.3) is 0 Å². The average Bonchev–Trinajstić information content (AvgIpc) is 2.78. The first-order valence-electron chi connectivity index (χ1n) is 5.56. The van der Waals surface area contributed by atoms with Gasteiger partial charge in [-0.2, -0.15) is 0 Å². The molecule has 0 bridgehead atoms. The lowest BCUT2D eigenvalue weighted by atomic mass is 10.2. The molecule has 6 nitrogen and oxygen atoms in total. The molecule has 0 aromatic rings. The zero-order valence-electron chi connectivity index (χ0n) is 9.09. The quantitative estimate of drug-likeness (QED) is 0.685. The van der Waals surface area contributed by atoms with Gasteiger partial charge < -0.3 is 14.7 Å². The zero-order valence-corrected chi connectivity index (χ0v) is 9.09. The van der Waals surface area contributed by atoms with E-state index >= 15 is 0 Å². The molecular formula is C10H16N2O4. The zero-order chi connectivity index (χ0) is 11.5. The van der Waals surface area contributed by atoms with E-state index in [4.69, 9.17) is 9.84 Å². The highest BCUT2D eigenvalue weighted by Gasteiger charge is 2.36. The topological polar surface area (TPSA) is 70.1 Å². The molecule has 2 fully saturated rings. The smallest absolute Gasteiger partial charge is 0.407 e. The number of carboxylic acid groups (broad SMARTS) is 1. The molecule has 0 radical (unpaired) electrons. The fourth-order valence-corrected chi connectivity index (χ4v) is 2.25. The fraction of sp³-hybridized carbons (Fsp3) is 0.800. The van der Waals surface area contributed by atoms with Gasteiger partial charge in [-0.3, -0.25) is 9.69 Å². The van der Waals surface area contributed by atoms with E-state index in [2.05, 4.69) is 0 Å². The van der Waals surface area contributed by atoms with Crippen molar-refractivity contribution in [1.82, 2.24) is 9.80 Å². The van der Waals surface area contributed by atoms with Gasteiger partial charge in [0, 0.05) is 19.6 Å². The SMILES string of the molecule is O=C([C@@H]1CCCN1C(=O)O)N1CCOCC1. The molecule has 90 valence electrons. The number of hydrogen-bond acceptors (Lipinski definition) is 3. The molecule has 0 unspecified atom stereocenters. The molecule has 0 spiro atoms. The van der Waals surface area contributed by atoms with Crippen molar-refractivity contribution in [3.63, 3.8) is 0 Å². The van der Waals surface area contributed by atoms with Crippen LogP contribution >= 0.6 is 0 Å². The van der Waals surface area contributed by atoms with Gasteiger partial charge in [-0.25, -0.2) is 4.79 Å². The predicted octanol–water partition coefficient (Wildman–Crippen LogP) is -0.0124. The van der Waals surface area contributed by atoms with Crippen LogP contribution in [0.2, 0.25) is 0 Å². The molecule has 2 aliphatic heterocycles. The Morgan fingerprint density at radius 3 is 2.50 bits per heavy atom. The van der Waals surface area contributed by atoms with Crippen molar-refractivity contribution in [1.29, 1.82) is 0 Å². The van der Waals surface area contributed by atoms with Gasteiger partial charge in [-0.15, -0.1) is 0 Å².